The number of carbonyl (C=O) groups is 1. The maximum atomic E-state index is 11.5. The Bertz CT molecular complexity index is 1260. The Hall–Kier alpha value is -3.34. The Morgan fingerprint density at radius 1 is 0.912 bits per heavy atom. The van der Waals surface area contributed by atoms with Gasteiger partial charge in [-0.2, -0.15) is 0 Å². The van der Waals surface area contributed by atoms with Crippen LogP contribution in [0.2, 0.25) is 4.34 Å². The van der Waals surface area contributed by atoms with Gasteiger partial charge < -0.3 is 9.64 Å². The Morgan fingerprint density at radius 2 is 1.53 bits per heavy atom. The number of hydrogen-bond acceptors (Lipinski definition) is 4. The first-order valence-corrected chi connectivity index (χ1v) is 12.3. The molecule has 0 aliphatic carbocycles. The fraction of sp³-hybridized carbons (Fsp3) is 0.138. The molecule has 34 heavy (non-hydrogen) atoms. The number of para-hydroxylation sites is 1. The van der Waals surface area contributed by atoms with Gasteiger partial charge in [0.25, 0.3) is 0 Å². The average Bonchev–Trinajstić information content (AvgIpc) is 3.20. The fourth-order valence-corrected chi connectivity index (χ4v) is 4.93. The molecule has 0 aliphatic heterocycles. The van der Waals surface area contributed by atoms with Crippen molar-refractivity contribution in [2.24, 2.45) is 0 Å². The third-order valence-corrected chi connectivity index (χ3v) is 6.89. The highest BCUT2D eigenvalue weighted by Gasteiger charge is 2.12. The largest absolute Gasteiger partial charge is 0.469 e. The number of benzene rings is 3. The van der Waals surface area contributed by atoms with Crippen LogP contribution in [0.4, 0.5) is 17.1 Å². The van der Waals surface area contributed by atoms with Crippen molar-refractivity contribution in [2.75, 3.05) is 12.0 Å². The van der Waals surface area contributed by atoms with Gasteiger partial charge in [-0.1, -0.05) is 60.1 Å². The molecular formula is C29H26ClNO2S. The number of anilines is 3. The summed E-state index contributed by atoms with van der Waals surface area (Å²) in [6.45, 7) is 2.07. The van der Waals surface area contributed by atoms with Crippen LogP contribution in [0.1, 0.15) is 28.0 Å². The van der Waals surface area contributed by atoms with E-state index in [0.717, 1.165) is 32.5 Å². The Balaban J connectivity index is 1.58. The molecule has 0 aliphatic rings. The molecular weight excluding hydrogens is 462 g/mol. The molecule has 1 heterocycles. The molecule has 172 valence electrons. The lowest BCUT2D eigenvalue weighted by Crippen LogP contribution is -2.10. The van der Waals surface area contributed by atoms with Crippen molar-refractivity contribution in [3.63, 3.8) is 0 Å². The lowest BCUT2D eigenvalue weighted by atomic mass is 10.1. The molecule has 0 N–H and O–H groups in total. The average molecular weight is 488 g/mol. The summed E-state index contributed by atoms with van der Waals surface area (Å²) in [5.74, 6) is -0.193. The molecule has 0 radical (unpaired) electrons. The van der Waals surface area contributed by atoms with Crippen LogP contribution in [0.3, 0.4) is 0 Å². The molecule has 0 saturated carbocycles. The van der Waals surface area contributed by atoms with E-state index >= 15 is 0 Å². The van der Waals surface area contributed by atoms with Crippen LogP contribution < -0.4 is 4.90 Å². The molecule has 4 rings (SSSR count). The maximum absolute atomic E-state index is 11.5. The van der Waals surface area contributed by atoms with Gasteiger partial charge >= 0.3 is 5.97 Å². The summed E-state index contributed by atoms with van der Waals surface area (Å²) >= 11 is 7.71. The highest BCUT2D eigenvalue weighted by molar-refractivity contribution is 7.17. The van der Waals surface area contributed by atoms with Crippen LogP contribution in [0.15, 0.2) is 84.9 Å². The molecule has 0 unspecified atom stereocenters. The Kier molecular flexibility index (Phi) is 7.84. The molecule has 0 fully saturated rings. The predicted molar refractivity (Wildman–Crippen MR) is 144 cm³/mol. The number of nitrogens with zero attached hydrogens (tertiary/aromatic N) is 1. The smallest absolute Gasteiger partial charge is 0.305 e. The van der Waals surface area contributed by atoms with Crippen molar-refractivity contribution in [3.05, 3.63) is 111 Å². The van der Waals surface area contributed by atoms with E-state index in [1.807, 2.05) is 24.3 Å². The second-order valence-electron chi connectivity index (χ2n) is 7.94. The summed E-state index contributed by atoms with van der Waals surface area (Å²) in [5, 5.41) is 0. The zero-order valence-corrected chi connectivity index (χ0v) is 20.8. The van der Waals surface area contributed by atoms with Crippen LogP contribution in [0.5, 0.6) is 0 Å². The number of rotatable bonds is 8. The van der Waals surface area contributed by atoms with E-state index in [2.05, 4.69) is 84.6 Å². The highest BCUT2D eigenvalue weighted by Crippen LogP contribution is 2.35. The monoisotopic (exact) mass is 487 g/mol. The summed E-state index contributed by atoms with van der Waals surface area (Å²) in [4.78, 5) is 14.9. The van der Waals surface area contributed by atoms with E-state index in [0.29, 0.717) is 12.8 Å². The minimum absolute atomic E-state index is 0.193. The van der Waals surface area contributed by atoms with Crippen molar-refractivity contribution >= 4 is 58.1 Å². The van der Waals surface area contributed by atoms with Crippen LogP contribution >= 0.6 is 22.9 Å². The zero-order valence-electron chi connectivity index (χ0n) is 19.2. The Morgan fingerprint density at radius 3 is 2.12 bits per heavy atom. The van der Waals surface area contributed by atoms with Crippen LogP contribution in [-0.4, -0.2) is 13.1 Å². The van der Waals surface area contributed by atoms with E-state index < -0.39 is 0 Å². The van der Waals surface area contributed by atoms with E-state index in [1.54, 1.807) is 11.3 Å². The molecule has 0 saturated heterocycles. The van der Waals surface area contributed by atoms with Gasteiger partial charge in [0.05, 0.1) is 11.4 Å². The molecule has 3 nitrogen and oxygen atoms in total. The molecule has 0 spiro atoms. The number of esters is 1. The van der Waals surface area contributed by atoms with Gasteiger partial charge in [-0.15, -0.1) is 11.3 Å². The van der Waals surface area contributed by atoms with Crippen molar-refractivity contribution < 1.29 is 9.53 Å². The molecule has 0 amide bonds. The topological polar surface area (TPSA) is 29.5 Å². The second kappa shape index (κ2) is 11.2. The second-order valence-corrected chi connectivity index (χ2v) is 9.65. The normalized spacial score (nSPS) is 11.0. The van der Waals surface area contributed by atoms with Crippen LogP contribution in [-0.2, 0) is 16.0 Å². The summed E-state index contributed by atoms with van der Waals surface area (Å²) in [6, 6.07) is 29.1. The van der Waals surface area contributed by atoms with Gasteiger partial charge in [0, 0.05) is 28.4 Å². The van der Waals surface area contributed by atoms with Crippen LogP contribution in [0, 0.1) is 6.92 Å². The van der Waals surface area contributed by atoms with Crippen molar-refractivity contribution in [1.29, 1.82) is 0 Å². The van der Waals surface area contributed by atoms with Crippen molar-refractivity contribution in [2.45, 2.75) is 19.8 Å². The van der Waals surface area contributed by atoms with Crippen LogP contribution in [0.25, 0.3) is 12.2 Å². The number of halogens is 1. The quantitative estimate of drug-likeness (QED) is 0.233. The number of ether oxygens (including phenoxy) is 1. The van der Waals surface area contributed by atoms with Gasteiger partial charge in [-0.25, -0.2) is 0 Å². The minimum Gasteiger partial charge on any atom is -0.469 e. The predicted octanol–water partition coefficient (Wildman–Crippen LogP) is 8.46. The summed E-state index contributed by atoms with van der Waals surface area (Å²) in [5.41, 5.74) is 6.62. The van der Waals surface area contributed by atoms with Gasteiger partial charge in [0.1, 0.15) is 0 Å². The number of aryl methyl sites for hydroxylation is 2. The first-order valence-electron chi connectivity index (χ1n) is 11.1. The molecule has 1 aromatic heterocycles. The molecule has 0 bridgehead atoms. The highest BCUT2D eigenvalue weighted by atomic mass is 35.5. The number of methoxy groups -OCH3 is 1. The molecule has 3 aromatic carbocycles. The van der Waals surface area contributed by atoms with E-state index in [-0.39, 0.29) is 5.97 Å². The third-order valence-electron chi connectivity index (χ3n) is 5.56. The molecule has 5 heteroatoms. The fourth-order valence-electron chi connectivity index (χ4n) is 3.71. The SMILES string of the molecule is COC(=O)CCc1ccc(N(c2ccccc2)c2ccc(/C=C/c3sc(Cl)cc3C)cc2)cc1. The third kappa shape index (κ3) is 5.96. The number of thiophene rings is 1. The number of hydrogen-bond donors (Lipinski definition) is 0. The summed E-state index contributed by atoms with van der Waals surface area (Å²) in [7, 11) is 1.42. The van der Waals surface area contributed by atoms with Gasteiger partial charge in [-0.3, -0.25) is 4.79 Å². The zero-order chi connectivity index (χ0) is 23.9. The molecule has 0 atom stereocenters. The standard InChI is InChI=1S/C29H26ClNO2S/c1-21-20-28(30)34-27(21)18-12-22-8-14-25(15-9-22)31(24-6-4-3-5-7-24)26-16-10-23(11-17-26)13-19-29(32)33-2/h3-12,14-18,20H,13,19H2,1-2H3/b18-12+. The summed E-state index contributed by atoms with van der Waals surface area (Å²) < 4.78 is 5.56. The van der Waals surface area contributed by atoms with Gasteiger partial charge in [0.2, 0.25) is 0 Å². The Labute approximate surface area is 209 Å². The first kappa shape index (κ1) is 23.8. The van der Waals surface area contributed by atoms with Gasteiger partial charge in [-0.05, 0) is 78.6 Å². The maximum Gasteiger partial charge on any atom is 0.305 e. The van der Waals surface area contributed by atoms with E-state index in [9.17, 15) is 4.79 Å². The van der Waals surface area contributed by atoms with Crippen molar-refractivity contribution in [1.82, 2.24) is 0 Å². The lowest BCUT2D eigenvalue weighted by Gasteiger charge is -2.25. The minimum atomic E-state index is -0.193. The van der Waals surface area contributed by atoms with E-state index in [1.165, 1.54) is 17.6 Å². The molecule has 4 aromatic rings. The van der Waals surface area contributed by atoms with E-state index in [4.69, 9.17) is 16.3 Å². The van der Waals surface area contributed by atoms with Crippen molar-refractivity contribution in [3.8, 4) is 0 Å². The van der Waals surface area contributed by atoms with Gasteiger partial charge in [0.15, 0.2) is 0 Å². The number of carbonyl (C=O) groups excluding carboxylic acids is 1. The summed E-state index contributed by atoms with van der Waals surface area (Å²) in [6.07, 6.45) is 5.27. The lowest BCUT2D eigenvalue weighted by molar-refractivity contribution is -0.140. The first-order chi connectivity index (χ1) is 16.5.